The summed E-state index contributed by atoms with van der Waals surface area (Å²) < 4.78 is 10.4. The zero-order chi connectivity index (χ0) is 15.0. The van der Waals surface area contributed by atoms with Gasteiger partial charge in [-0.15, -0.1) is 0 Å². The van der Waals surface area contributed by atoms with Crippen molar-refractivity contribution in [3.63, 3.8) is 0 Å². The van der Waals surface area contributed by atoms with Gasteiger partial charge < -0.3 is 20.1 Å². The Bertz CT molecular complexity index is 448. The predicted molar refractivity (Wildman–Crippen MR) is 82.0 cm³/mol. The van der Waals surface area contributed by atoms with E-state index in [2.05, 4.69) is 0 Å². The molecule has 2 N–H and O–H groups in total. The van der Waals surface area contributed by atoms with Crippen LogP contribution in [0.2, 0.25) is 0 Å². The summed E-state index contributed by atoms with van der Waals surface area (Å²) in [4.78, 5) is 13.8. The molecule has 0 aliphatic rings. The van der Waals surface area contributed by atoms with Gasteiger partial charge in [-0.2, -0.15) is 0 Å². The maximum absolute atomic E-state index is 11.8. The van der Waals surface area contributed by atoms with Crippen LogP contribution in [0.5, 0.6) is 5.75 Å². The molecule has 0 heterocycles. The fourth-order valence-corrected chi connectivity index (χ4v) is 1.68. The fourth-order valence-electron chi connectivity index (χ4n) is 1.54. The number of hydrogen-bond acceptors (Lipinski definition) is 4. The lowest BCUT2D eigenvalue weighted by molar-refractivity contribution is -0.132. The second-order valence-corrected chi connectivity index (χ2v) is 4.78. The minimum Gasteiger partial charge on any atom is -0.484 e. The number of methoxy groups -OCH3 is 1. The molecule has 1 aromatic rings. The van der Waals surface area contributed by atoms with Crippen molar-refractivity contribution in [1.82, 2.24) is 4.90 Å². The lowest BCUT2D eigenvalue weighted by Crippen LogP contribution is -2.32. The average Bonchev–Trinajstić information content (AvgIpc) is 2.45. The Hall–Kier alpha value is -1.66. The van der Waals surface area contributed by atoms with Gasteiger partial charge in [0.25, 0.3) is 5.91 Å². The number of likely N-dealkylation sites (N-methyl/N-ethyl adjacent to an activating group) is 1. The van der Waals surface area contributed by atoms with E-state index in [4.69, 9.17) is 27.4 Å². The number of hydrogen-bond donors (Lipinski definition) is 1. The first-order chi connectivity index (χ1) is 9.54. The zero-order valence-corrected chi connectivity index (χ0v) is 12.6. The summed E-state index contributed by atoms with van der Waals surface area (Å²) in [7, 11) is 3.39. The fraction of sp³-hybridized carbons (Fsp3) is 0.429. The van der Waals surface area contributed by atoms with Crippen molar-refractivity contribution in [1.29, 1.82) is 0 Å². The molecule has 0 spiro atoms. The van der Waals surface area contributed by atoms with E-state index in [1.807, 2.05) is 0 Å². The Morgan fingerprint density at radius 3 is 2.55 bits per heavy atom. The Morgan fingerprint density at radius 1 is 1.35 bits per heavy atom. The van der Waals surface area contributed by atoms with Gasteiger partial charge in [0, 0.05) is 32.9 Å². The van der Waals surface area contributed by atoms with Crippen LogP contribution in [0.4, 0.5) is 0 Å². The number of nitrogens with zero attached hydrogens (tertiary/aromatic N) is 1. The molecule has 6 heteroatoms. The van der Waals surface area contributed by atoms with E-state index in [-0.39, 0.29) is 12.5 Å². The SMILES string of the molecule is COCCCN(C)C(=O)COc1ccc(C(N)=S)cc1. The summed E-state index contributed by atoms with van der Waals surface area (Å²) in [6.07, 6.45) is 0.807. The van der Waals surface area contributed by atoms with Crippen molar-refractivity contribution < 1.29 is 14.3 Å². The van der Waals surface area contributed by atoms with E-state index >= 15 is 0 Å². The highest BCUT2D eigenvalue weighted by molar-refractivity contribution is 7.80. The summed E-state index contributed by atoms with van der Waals surface area (Å²) in [5.74, 6) is 0.545. The van der Waals surface area contributed by atoms with Crippen LogP contribution >= 0.6 is 12.2 Å². The Balaban J connectivity index is 2.38. The van der Waals surface area contributed by atoms with Crippen LogP contribution in [0.3, 0.4) is 0 Å². The second kappa shape index (κ2) is 8.50. The van der Waals surface area contributed by atoms with Crippen molar-refractivity contribution in [3.8, 4) is 5.75 Å². The maximum Gasteiger partial charge on any atom is 0.260 e. The molecule has 1 amide bonds. The van der Waals surface area contributed by atoms with E-state index < -0.39 is 0 Å². The second-order valence-electron chi connectivity index (χ2n) is 4.34. The molecule has 1 rings (SSSR count). The summed E-state index contributed by atoms with van der Waals surface area (Å²) in [6, 6.07) is 7.02. The minimum absolute atomic E-state index is 0.00982. The molecule has 0 aromatic heterocycles. The van der Waals surface area contributed by atoms with Gasteiger partial charge in [0.2, 0.25) is 0 Å². The molecule has 0 saturated carbocycles. The van der Waals surface area contributed by atoms with Crippen LogP contribution < -0.4 is 10.5 Å². The molecule has 110 valence electrons. The van der Waals surface area contributed by atoms with Crippen molar-refractivity contribution in [2.45, 2.75) is 6.42 Å². The first-order valence-electron chi connectivity index (χ1n) is 6.30. The Morgan fingerprint density at radius 2 is 2.00 bits per heavy atom. The number of benzene rings is 1. The van der Waals surface area contributed by atoms with Gasteiger partial charge in [-0.3, -0.25) is 4.79 Å². The molecule has 5 nitrogen and oxygen atoms in total. The zero-order valence-electron chi connectivity index (χ0n) is 11.8. The Labute approximate surface area is 124 Å². The average molecular weight is 296 g/mol. The topological polar surface area (TPSA) is 64.8 Å². The van der Waals surface area contributed by atoms with E-state index in [9.17, 15) is 4.79 Å². The van der Waals surface area contributed by atoms with Crippen LogP contribution in [-0.2, 0) is 9.53 Å². The van der Waals surface area contributed by atoms with Crippen molar-refractivity contribution in [2.24, 2.45) is 5.73 Å². The number of carbonyl (C=O) groups excluding carboxylic acids is 1. The van der Waals surface area contributed by atoms with Crippen molar-refractivity contribution in [3.05, 3.63) is 29.8 Å². The standard InChI is InChI=1S/C14H20N2O3S/c1-16(8-3-9-18-2)13(17)10-19-12-6-4-11(5-7-12)14(15)20/h4-7H,3,8-10H2,1-2H3,(H2,15,20). The van der Waals surface area contributed by atoms with E-state index in [1.54, 1.807) is 43.3 Å². The first-order valence-corrected chi connectivity index (χ1v) is 6.71. The third-order valence-electron chi connectivity index (χ3n) is 2.77. The predicted octanol–water partition coefficient (Wildman–Crippen LogP) is 1.19. The molecule has 0 atom stereocenters. The number of thiocarbonyl (C=S) groups is 1. The number of carbonyl (C=O) groups is 1. The van der Waals surface area contributed by atoms with Gasteiger partial charge in [-0.1, -0.05) is 12.2 Å². The normalized spacial score (nSPS) is 10.1. The highest BCUT2D eigenvalue weighted by Crippen LogP contribution is 2.12. The molecule has 0 fully saturated rings. The molecule has 1 aromatic carbocycles. The quantitative estimate of drug-likeness (QED) is 0.577. The molecule has 0 aliphatic carbocycles. The monoisotopic (exact) mass is 296 g/mol. The van der Waals surface area contributed by atoms with Crippen molar-refractivity contribution >= 4 is 23.1 Å². The van der Waals surface area contributed by atoms with Gasteiger partial charge in [-0.25, -0.2) is 0 Å². The third kappa shape index (κ3) is 5.54. The smallest absolute Gasteiger partial charge is 0.260 e. The summed E-state index contributed by atoms with van der Waals surface area (Å²) in [6.45, 7) is 1.30. The number of amides is 1. The van der Waals surface area contributed by atoms with Gasteiger partial charge in [0.15, 0.2) is 6.61 Å². The summed E-state index contributed by atoms with van der Waals surface area (Å²) >= 11 is 4.86. The van der Waals surface area contributed by atoms with E-state index in [0.717, 1.165) is 12.0 Å². The van der Waals surface area contributed by atoms with Crippen LogP contribution in [0, 0.1) is 0 Å². The summed E-state index contributed by atoms with van der Waals surface area (Å²) in [5, 5.41) is 0. The highest BCUT2D eigenvalue weighted by Gasteiger charge is 2.09. The van der Waals surface area contributed by atoms with Gasteiger partial charge in [-0.05, 0) is 30.7 Å². The minimum atomic E-state index is -0.0699. The molecule has 0 saturated heterocycles. The van der Waals surface area contributed by atoms with Crippen LogP contribution in [-0.4, -0.2) is 49.7 Å². The van der Waals surface area contributed by atoms with Crippen LogP contribution in [0.15, 0.2) is 24.3 Å². The largest absolute Gasteiger partial charge is 0.484 e. The van der Waals surface area contributed by atoms with E-state index in [1.165, 1.54) is 0 Å². The molecular formula is C14H20N2O3S. The molecule has 0 aliphatic heterocycles. The lowest BCUT2D eigenvalue weighted by Gasteiger charge is -2.17. The molecule has 0 bridgehead atoms. The van der Waals surface area contributed by atoms with Gasteiger partial charge in [0.05, 0.1) is 0 Å². The van der Waals surface area contributed by atoms with Crippen LogP contribution in [0.25, 0.3) is 0 Å². The summed E-state index contributed by atoms with van der Waals surface area (Å²) in [5.41, 5.74) is 6.28. The number of nitrogens with two attached hydrogens (primary N) is 1. The highest BCUT2D eigenvalue weighted by atomic mass is 32.1. The first kappa shape index (κ1) is 16.4. The third-order valence-corrected chi connectivity index (χ3v) is 3.00. The number of ether oxygens (including phenoxy) is 2. The Kier molecular flexibility index (Phi) is 6.97. The van der Waals surface area contributed by atoms with Crippen LogP contribution in [0.1, 0.15) is 12.0 Å². The lowest BCUT2D eigenvalue weighted by atomic mass is 10.2. The molecule has 0 radical (unpaired) electrons. The van der Waals surface area contributed by atoms with Gasteiger partial charge in [0.1, 0.15) is 10.7 Å². The van der Waals surface area contributed by atoms with Gasteiger partial charge >= 0.3 is 0 Å². The molecule has 0 unspecified atom stereocenters. The number of rotatable bonds is 8. The van der Waals surface area contributed by atoms with Crippen molar-refractivity contribution in [2.75, 3.05) is 33.9 Å². The maximum atomic E-state index is 11.8. The van der Waals surface area contributed by atoms with E-state index in [0.29, 0.717) is 23.9 Å². The molecule has 20 heavy (non-hydrogen) atoms. The molecular weight excluding hydrogens is 276 g/mol.